The molecule has 2 unspecified atom stereocenters. The lowest BCUT2D eigenvalue weighted by Gasteiger charge is -2.22. The Bertz CT molecular complexity index is 682. The maximum atomic E-state index is 14.3. The summed E-state index contributed by atoms with van der Waals surface area (Å²) in [5.74, 6) is -4.52. The minimum atomic E-state index is -3.46. The number of amides is 1. The van der Waals surface area contributed by atoms with E-state index in [4.69, 9.17) is 14.6 Å². The first-order chi connectivity index (χ1) is 13.3. The fourth-order valence-corrected chi connectivity index (χ4v) is 2.71. The standard InChI is InChI=1S/C19H23F2NO6/c20-19(21,14-6-2-1-3-7-14)16(23)9-8-15-12-28-18(26)22(15)10-4-5-11-27-13-17(24)25/h1-3,6-9,15-16,23H,4-5,10-13H2,(H,24,25)/b9-8+. The number of carbonyl (C=O) groups is 2. The monoisotopic (exact) mass is 399 g/mol. The molecule has 0 bridgehead atoms. The molecule has 1 aliphatic rings. The van der Waals surface area contributed by atoms with Gasteiger partial charge >= 0.3 is 18.0 Å². The molecule has 2 N–H and O–H groups in total. The smallest absolute Gasteiger partial charge is 0.410 e. The van der Waals surface area contributed by atoms with Gasteiger partial charge in [-0.3, -0.25) is 4.90 Å². The van der Waals surface area contributed by atoms with Crippen LogP contribution < -0.4 is 0 Å². The number of hydrogen-bond donors (Lipinski definition) is 2. The van der Waals surface area contributed by atoms with Gasteiger partial charge in [0.2, 0.25) is 0 Å². The number of cyclic esters (lactones) is 1. The number of aliphatic hydroxyl groups excluding tert-OH is 1. The molecule has 1 aromatic carbocycles. The molecular formula is C19H23F2NO6. The van der Waals surface area contributed by atoms with Crippen LogP contribution in [0.1, 0.15) is 18.4 Å². The van der Waals surface area contributed by atoms with Crippen molar-refractivity contribution in [3.05, 3.63) is 48.0 Å². The van der Waals surface area contributed by atoms with Crippen molar-refractivity contribution in [3.63, 3.8) is 0 Å². The first kappa shape index (κ1) is 21.8. The first-order valence-corrected chi connectivity index (χ1v) is 8.85. The highest BCUT2D eigenvalue weighted by atomic mass is 19.3. The Morgan fingerprint density at radius 1 is 1.36 bits per heavy atom. The number of carbonyl (C=O) groups excluding carboxylic acids is 1. The lowest BCUT2D eigenvalue weighted by Crippen LogP contribution is -2.34. The zero-order chi connectivity index (χ0) is 20.6. The van der Waals surface area contributed by atoms with Crippen LogP contribution >= 0.6 is 0 Å². The number of ether oxygens (including phenoxy) is 2. The van der Waals surface area contributed by atoms with Crippen LogP contribution in [0.25, 0.3) is 0 Å². The van der Waals surface area contributed by atoms with Crippen molar-refractivity contribution in [3.8, 4) is 0 Å². The van der Waals surface area contributed by atoms with Gasteiger partial charge in [-0.25, -0.2) is 9.59 Å². The number of alkyl halides is 2. The zero-order valence-electron chi connectivity index (χ0n) is 15.2. The average molecular weight is 399 g/mol. The molecule has 0 saturated carbocycles. The summed E-state index contributed by atoms with van der Waals surface area (Å²) < 4.78 is 38.5. The van der Waals surface area contributed by atoms with Gasteiger partial charge in [-0.1, -0.05) is 42.5 Å². The molecule has 1 aliphatic heterocycles. The Balaban J connectivity index is 1.87. The molecule has 2 atom stereocenters. The van der Waals surface area contributed by atoms with E-state index in [1.54, 1.807) is 6.07 Å². The molecule has 1 heterocycles. The van der Waals surface area contributed by atoms with Crippen LogP contribution in [0.4, 0.5) is 13.6 Å². The van der Waals surface area contributed by atoms with E-state index in [1.807, 2.05) is 0 Å². The number of halogens is 2. The van der Waals surface area contributed by atoms with Gasteiger partial charge < -0.3 is 19.7 Å². The molecular weight excluding hydrogens is 376 g/mol. The van der Waals surface area contributed by atoms with Crippen LogP contribution in [-0.2, 0) is 20.2 Å². The van der Waals surface area contributed by atoms with E-state index >= 15 is 0 Å². The van der Waals surface area contributed by atoms with Crippen molar-refractivity contribution in [1.82, 2.24) is 4.90 Å². The molecule has 1 fully saturated rings. The largest absolute Gasteiger partial charge is 0.480 e. The third-order valence-electron chi connectivity index (χ3n) is 4.22. The van der Waals surface area contributed by atoms with Gasteiger partial charge in [0.15, 0.2) is 0 Å². The Morgan fingerprint density at radius 3 is 2.75 bits per heavy atom. The van der Waals surface area contributed by atoms with Crippen LogP contribution in [0, 0.1) is 0 Å². The summed E-state index contributed by atoms with van der Waals surface area (Å²) in [6, 6.07) is 6.44. The van der Waals surface area contributed by atoms with E-state index in [9.17, 15) is 23.5 Å². The average Bonchev–Trinajstić information content (AvgIpc) is 3.02. The molecule has 7 nitrogen and oxygen atoms in total. The van der Waals surface area contributed by atoms with Crippen LogP contribution in [0.5, 0.6) is 0 Å². The minimum absolute atomic E-state index is 0.00841. The molecule has 1 amide bonds. The Labute approximate surface area is 161 Å². The first-order valence-electron chi connectivity index (χ1n) is 8.85. The van der Waals surface area contributed by atoms with Gasteiger partial charge in [-0.15, -0.1) is 0 Å². The molecule has 0 aromatic heterocycles. The second-order valence-electron chi connectivity index (χ2n) is 6.31. The quantitative estimate of drug-likeness (QED) is 0.438. The molecule has 0 aliphatic carbocycles. The van der Waals surface area contributed by atoms with Gasteiger partial charge in [0, 0.05) is 18.7 Å². The van der Waals surface area contributed by atoms with E-state index in [0.717, 1.165) is 6.08 Å². The van der Waals surface area contributed by atoms with Crippen LogP contribution in [0.15, 0.2) is 42.5 Å². The highest BCUT2D eigenvalue weighted by Crippen LogP contribution is 2.32. The fourth-order valence-electron chi connectivity index (χ4n) is 2.71. The SMILES string of the molecule is O=C(O)COCCCCN1C(=O)OCC1/C=C/C(O)C(F)(F)c1ccccc1. The van der Waals surface area contributed by atoms with E-state index < -0.39 is 30.1 Å². The normalized spacial score (nSPS) is 18.5. The van der Waals surface area contributed by atoms with Crippen molar-refractivity contribution in [2.24, 2.45) is 0 Å². The number of carboxylic acids is 1. The highest BCUT2D eigenvalue weighted by Gasteiger charge is 2.39. The third kappa shape index (κ3) is 6.00. The van der Waals surface area contributed by atoms with E-state index in [0.29, 0.717) is 19.4 Å². The number of aliphatic carboxylic acids is 1. The molecule has 2 rings (SSSR count). The van der Waals surface area contributed by atoms with Crippen molar-refractivity contribution in [2.75, 3.05) is 26.4 Å². The Hall–Kier alpha value is -2.52. The van der Waals surface area contributed by atoms with Crippen LogP contribution in [0.3, 0.4) is 0 Å². The van der Waals surface area contributed by atoms with Crippen molar-refractivity contribution < 1.29 is 38.1 Å². The third-order valence-corrected chi connectivity index (χ3v) is 4.22. The predicted molar refractivity (Wildman–Crippen MR) is 95.0 cm³/mol. The minimum Gasteiger partial charge on any atom is -0.480 e. The molecule has 154 valence electrons. The molecule has 28 heavy (non-hydrogen) atoms. The topological polar surface area (TPSA) is 96.3 Å². The maximum absolute atomic E-state index is 14.3. The summed E-state index contributed by atoms with van der Waals surface area (Å²) in [6.45, 7) is 0.159. The number of unbranched alkanes of at least 4 members (excludes halogenated alkanes) is 1. The summed E-state index contributed by atoms with van der Waals surface area (Å²) in [4.78, 5) is 23.5. The summed E-state index contributed by atoms with van der Waals surface area (Å²) >= 11 is 0. The molecule has 9 heteroatoms. The zero-order valence-corrected chi connectivity index (χ0v) is 15.2. The Morgan fingerprint density at radius 2 is 2.07 bits per heavy atom. The van der Waals surface area contributed by atoms with E-state index in [2.05, 4.69) is 0 Å². The lowest BCUT2D eigenvalue weighted by atomic mass is 10.0. The number of carboxylic acid groups (broad SMARTS) is 1. The molecule has 1 aromatic rings. The fraction of sp³-hybridized carbons (Fsp3) is 0.474. The van der Waals surface area contributed by atoms with Gasteiger partial charge in [0.25, 0.3) is 0 Å². The molecule has 0 radical (unpaired) electrons. The summed E-state index contributed by atoms with van der Waals surface area (Å²) in [5, 5.41) is 18.4. The van der Waals surface area contributed by atoms with Crippen molar-refractivity contribution >= 4 is 12.1 Å². The van der Waals surface area contributed by atoms with Gasteiger partial charge in [0.05, 0.1) is 6.04 Å². The maximum Gasteiger partial charge on any atom is 0.410 e. The number of nitrogens with zero attached hydrogens (tertiary/aromatic N) is 1. The second-order valence-corrected chi connectivity index (χ2v) is 6.31. The predicted octanol–water partition coefficient (Wildman–Crippen LogP) is 2.40. The lowest BCUT2D eigenvalue weighted by molar-refractivity contribution is -0.142. The second kappa shape index (κ2) is 10.1. The summed E-state index contributed by atoms with van der Waals surface area (Å²) in [6.07, 6.45) is 0.766. The number of benzene rings is 1. The molecule has 0 spiro atoms. The van der Waals surface area contributed by atoms with Gasteiger partial charge in [-0.05, 0) is 12.8 Å². The van der Waals surface area contributed by atoms with Crippen LogP contribution in [-0.4, -0.2) is 65.7 Å². The number of aliphatic hydroxyl groups is 1. The van der Waals surface area contributed by atoms with Crippen molar-refractivity contribution in [2.45, 2.75) is 30.9 Å². The molecule has 1 saturated heterocycles. The van der Waals surface area contributed by atoms with E-state index in [1.165, 1.54) is 35.2 Å². The van der Waals surface area contributed by atoms with E-state index in [-0.39, 0.29) is 25.4 Å². The van der Waals surface area contributed by atoms with Gasteiger partial charge in [-0.2, -0.15) is 8.78 Å². The number of rotatable bonds is 11. The summed E-state index contributed by atoms with van der Waals surface area (Å²) in [5.41, 5.74) is -0.302. The Kier molecular flexibility index (Phi) is 7.89. The van der Waals surface area contributed by atoms with Crippen molar-refractivity contribution in [1.29, 1.82) is 0 Å². The van der Waals surface area contributed by atoms with Gasteiger partial charge in [0.1, 0.15) is 19.3 Å². The number of hydrogen-bond acceptors (Lipinski definition) is 5. The highest BCUT2D eigenvalue weighted by molar-refractivity contribution is 5.70. The summed E-state index contributed by atoms with van der Waals surface area (Å²) in [7, 11) is 0. The van der Waals surface area contributed by atoms with Crippen LogP contribution in [0.2, 0.25) is 0 Å².